The Morgan fingerprint density at radius 1 is 1.62 bits per heavy atom. The molecule has 0 aromatic carbocycles. The summed E-state index contributed by atoms with van der Waals surface area (Å²) in [5.41, 5.74) is 0.496. The van der Waals surface area contributed by atoms with Gasteiger partial charge in [0.15, 0.2) is 4.96 Å². The summed E-state index contributed by atoms with van der Waals surface area (Å²) in [4.78, 5) is 16.8. The molecule has 0 saturated carbocycles. The van der Waals surface area contributed by atoms with E-state index in [-0.39, 0.29) is 5.91 Å². The van der Waals surface area contributed by atoms with Gasteiger partial charge in [-0.3, -0.25) is 9.20 Å². The maximum absolute atomic E-state index is 11.7. The molecule has 16 heavy (non-hydrogen) atoms. The van der Waals surface area contributed by atoms with Crippen LogP contribution in [0, 0.1) is 5.92 Å². The van der Waals surface area contributed by atoms with Gasteiger partial charge < -0.3 is 5.32 Å². The highest BCUT2D eigenvalue weighted by atomic mass is 32.1. The highest BCUT2D eigenvalue weighted by Gasteiger charge is 2.10. The first-order valence-corrected chi connectivity index (χ1v) is 6.25. The first kappa shape index (κ1) is 11.1. The summed E-state index contributed by atoms with van der Waals surface area (Å²) >= 11 is 1.53. The third-order valence-electron chi connectivity index (χ3n) is 2.33. The van der Waals surface area contributed by atoms with Gasteiger partial charge in [-0.05, 0) is 12.3 Å². The van der Waals surface area contributed by atoms with Crippen LogP contribution in [0.3, 0.4) is 0 Å². The molecule has 0 aliphatic rings. The van der Waals surface area contributed by atoms with Crippen LogP contribution in [0.4, 0.5) is 0 Å². The number of nitrogens with zero attached hydrogens (tertiary/aromatic N) is 2. The van der Waals surface area contributed by atoms with Crippen molar-refractivity contribution in [3.63, 3.8) is 0 Å². The molecule has 0 saturated heterocycles. The zero-order chi connectivity index (χ0) is 11.5. The maximum atomic E-state index is 11.7. The molecule has 2 aromatic heterocycles. The van der Waals surface area contributed by atoms with Gasteiger partial charge in [-0.15, -0.1) is 11.3 Å². The maximum Gasteiger partial charge on any atom is 0.271 e. The number of amides is 1. The first-order valence-electron chi connectivity index (χ1n) is 5.37. The van der Waals surface area contributed by atoms with E-state index >= 15 is 0 Å². The van der Waals surface area contributed by atoms with Crippen molar-refractivity contribution in [2.45, 2.75) is 20.3 Å². The predicted octanol–water partition coefficient (Wildman–Crippen LogP) is 2.17. The molecule has 2 rings (SSSR count). The Kier molecular flexibility index (Phi) is 3.24. The van der Waals surface area contributed by atoms with Crippen LogP contribution in [0.25, 0.3) is 4.96 Å². The van der Waals surface area contributed by atoms with Crippen LogP contribution in [0.1, 0.15) is 30.8 Å². The molecule has 0 spiro atoms. The Balaban J connectivity index is 1.97. The summed E-state index contributed by atoms with van der Waals surface area (Å²) in [5.74, 6) is 0.516. The topological polar surface area (TPSA) is 46.4 Å². The van der Waals surface area contributed by atoms with Gasteiger partial charge >= 0.3 is 0 Å². The lowest BCUT2D eigenvalue weighted by Gasteiger charge is -2.04. The minimum absolute atomic E-state index is 0.0865. The number of carbonyl (C=O) groups excluding carboxylic acids is 1. The van der Waals surface area contributed by atoms with Crippen LogP contribution < -0.4 is 5.32 Å². The normalized spacial score (nSPS) is 11.2. The number of imidazole rings is 1. The minimum Gasteiger partial charge on any atom is -0.351 e. The molecule has 86 valence electrons. The Bertz CT molecular complexity index is 458. The van der Waals surface area contributed by atoms with Gasteiger partial charge in [0.1, 0.15) is 5.69 Å². The fourth-order valence-electron chi connectivity index (χ4n) is 1.40. The second kappa shape index (κ2) is 4.65. The number of rotatable bonds is 4. The Morgan fingerprint density at radius 2 is 2.44 bits per heavy atom. The molecular weight excluding hydrogens is 222 g/mol. The molecule has 4 nitrogen and oxygen atoms in total. The SMILES string of the molecule is CC(C)CCNC(=O)c1cn2ccsc2n1. The molecule has 2 heterocycles. The van der Waals surface area contributed by atoms with Crippen molar-refractivity contribution in [3.8, 4) is 0 Å². The van der Waals surface area contributed by atoms with Gasteiger partial charge in [0.25, 0.3) is 5.91 Å². The van der Waals surface area contributed by atoms with Crippen LogP contribution in [0.15, 0.2) is 17.8 Å². The summed E-state index contributed by atoms with van der Waals surface area (Å²) in [6.45, 7) is 4.99. The number of carbonyl (C=O) groups is 1. The van der Waals surface area contributed by atoms with Crippen molar-refractivity contribution < 1.29 is 4.79 Å². The molecule has 0 bridgehead atoms. The molecule has 0 radical (unpaired) electrons. The summed E-state index contributed by atoms with van der Waals surface area (Å²) in [7, 11) is 0. The lowest BCUT2D eigenvalue weighted by molar-refractivity contribution is 0.0947. The van der Waals surface area contributed by atoms with Gasteiger partial charge in [0.05, 0.1) is 0 Å². The van der Waals surface area contributed by atoms with Crippen molar-refractivity contribution in [2.24, 2.45) is 5.92 Å². The average molecular weight is 237 g/mol. The third kappa shape index (κ3) is 2.41. The minimum atomic E-state index is -0.0865. The van der Waals surface area contributed by atoms with Crippen LogP contribution >= 0.6 is 11.3 Å². The molecule has 5 heteroatoms. The van der Waals surface area contributed by atoms with Crippen molar-refractivity contribution in [1.82, 2.24) is 14.7 Å². The summed E-state index contributed by atoms with van der Waals surface area (Å²) in [6.07, 6.45) is 4.66. The Morgan fingerprint density at radius 3 is 3.12 bits per heavy atom. The van der Waals surface area contributed by atoms with E-state index < -0.39 is 0 Å². The van der Waals surface area contributed by atoms with Crippen LogP contribution in [-0.4, -0.2) is 21.8 Å². The molecule has 0 aliphatic heterocycles. The van der Waals surface area contributed by atoms with Crippen LogP contribution in [0.2, 0.25) is 0 Å². The summed E-state index contributed by atoms with van der Waals surface area (Å²) in [6, 6.07) is 0. The van der Waals surface area contributed by atoms with E-state index in [1.165, 1.54) is 11.3 Å². The first-order chi connectivity index (χ1) is 7.66. The van der Waals surface area contributed by atoms with Crippen molar-refractivity contribution in [2.75, 3.05) is 6.54 Å². The number of nitrogens with one attached hydrogen (secondary N) is 1. The molecule has 0 unspecified atom stereocenters. The highest BCUT2D eigenvalue weighted by Crippen LogP contribution is 2.11. The molecule has 2 aromatic rings. The zero-order valence-corrected chi connectivity index (χ0v) is 10.3. The molecular formula is C11H15N3OS. The van der Waals surface area contributed by atoms with E-state index in [1.54, 1.807) is 6.20 Å². The highest BCUT2D eigenvalue weighted by molar-refractivity contribution is 7.15. The van der Waals surface area contributed by atoms with Gasteiger partial charge in [-0.1, -0.05) is 13.8 Å². The number of thiazole rings is 1. The third-order valence-corrected chi connectivity index (χ3v) is 3.10. The number of hydrogen-bond donors (Lipinski definition) is 1. The van der Waals surface area contributed by atoms with Crippen molar-refractivity contribution >= 4 is 22.2 Å². The number of hydrogen-bond acceptors (Lipinski definition) is 3. The van der Waals surface area contributed by atoms with E-state index in [0.29, 0.717) is 18.2 Å². The van der Waals surface area contributed by atoms with Gasteiger partial charge in [-0.25, -0.2) is 4.98 Å². The Labute approximate surface area is 98.3 Å². The van der Waals surface area contributed by atoms with E-state index in [9.17, 15) is 4.79 Å². The molecule has 1 amide bonds. The quantitative estimate of drug-likeness (QED) is 0.885. The van der Waals surface area contributed by atoms with Crippen LogP contribution in [-0.2, 0) is 0 Å². The lowest BCUT2D eigenvalue weighted by Crippen LogP contribution is -2.25. The van der Waals surface area contributed by atoms with Gasteiger partial charge in [-0.2, -0.15) is 0 Å². The van der Waals surface area contributed by atoms with E-state index in [0.717, 1.165) is 11.4 Å². The molecule has 0 fully saturated rings. The average Bonchev–Trinajstić information content (AvgIpc) is 2.75. The summed E-state index contributed by atoms with van der Waals surface area (Å²) < 4.78 is 1.86. The number of fused-ring (bicyclic) bond motifs is 1. The number of aromatic nitrogens is 2. The second-order valence-corrected chi connectivity index (χ2v) is 5.03. The monoisotopic (exact) mass is 237 g/mol. The van der Waals surface area contributed by atoms with Crippen molar-refractivity contribution in [1.29, 1.82) is 0 Å². The smallest absolute Gasteiger partial charge is 0.271 e. The van der Waals surface area contributed by atoms with E-state index in [4.69, 9.17) is 0 Å². The molecule has 0 atom stereocenters. The molecule has 0 aliphatic carbocycles. The van der Waals surface area contributed by atoms with Gasteiger partial charge in [0, 0.05) is 24.3 Å². The van der Waals surface area contributed by atoms with E-state index in [2.05, 4.69) is 24.1 Å². The van der Waals surface area contributed by atoms with Gasteiger partial charge in [0.2, 0.25) is 0 Å². The fourth-order valence-corrected chi connectivity index (χ4v) is 2.10. The standard InChI is InChI=1S/C11H15N3OS/c1-8(2)3-4-12-10(15)9-7-14-5-6-16-11(14)13-9/h5-8H,3-4H2,1-2H3,(H,12,15). The second-order valence-electron chi connectivity index (χ2n) is 4.16. The van der Waals surface area contributed by atoms with E-state index in [1.807, 2.05) is 16.0 Å². The largest absolute Gasteiger partial charge is 0.351 e. The Hall–Kier alpha value is -1.36. The molecule has 1 N–H and O–H groups in total. The fraction of sp³-hybridized carbons (Fsp3) is 0.455. The zero-order valence-electron chi connectivity index (χ0n) is 9.43. The summed E-state index contributed by atoms with van der Waals surface area (Å²) in [5, 5.41) is 4.82. The van der Waals surface area contributed by atoms with Crippen LogP contribution in [0.5, 0.6) is 0 Å². The lowest BCUT2D eigenvalue weighted by atomic mass is 10.1. The predicted molar refractivity (Wildman–Crippen MR) is 64.9 cm³/mol. The van der Waals surface area contributed by atoms with Crippen molar-refractivity contribution in [3.05, 3.63) is 23.5 Å².